The molecule has 0 aliphatic carbocycles. The van der Waals surface area contributed by atoms with Crippen LogP contribution in [0.5, 0.6) is 0 Å². The molecule has 1 unspecified atom stereocenters. The minimum Gasteiger partial charge on any atom is -0.379 e. The summed E-state index contributed by atoms with van der Waals surface area (Å²) in [5.74, 6) is 2.06. The molecule has 0 spiro atoms. The Morgan fingerprint density at radius 2 is 2.09 bits per heavy atom. The predicted molar refractivity (Wildman–Crippen MR) is 105 cm³/mol. The molecule has 1 aliphatic rings. The first-order valence-corrected chi connectivity index (χ1v) is 10.2. The lowest BCUT2D eigenvalue weighted by molar-refractivity contribution is 0.154. The molecule has 6 nitrogen and oxygen atoms in total. The summed E-state index contributed by atoms with van der Waals surface area (Å²) in [4.78, 5) is 4.17. The van der Waals surface area contributed by atoms with Gasteiger partial charge in [0.25, 0.3) is 0 Å². The topological polar surface area (TPSA) is 79.8 Å². The van der Waals surface area contributed by atoms with Gasteiger partial charge in [-0.25, -0.2) is 8.42 Å². The summed E-state index contributed by atoms with van der Waals surface area (Å²) in [6, 6.07) is 0. The molecular formula is C13H28IN3O3S2. The Labute approximate surface area is 155 Å². The molecule has 0 aromatic rings. The van der Waals surface area contributed by atoms with Crippen LogP contribution >= 0.6 is 35.7 Å². The molecule has 1 heterocycles. The van der Waals surface area contributed by atoms with Gasteiger partial charge < -0.3 is 15.4 Å². The molecule has 1 aliphatic heterocycles. The van der Waals surface area contributed by atoms with Crippen LogP contribution in [0.15, 0.2) is 4.99 Å². The van der Waals surface area contributed by atoms with Crippen molar-refractivity contribution in [1.82, 2.24) is 10.6 Å². The Morgan fingerprint density at radius 3 is 2.64 bits per heavy atom. The van der Waals surface area contributed by atoms with E-state index < -0.39 is 9.84 Å². The second-order valence-electron chi connectivity index (χ2n) is 5.50. The number of sulfone groups is 1. The van der Waals surface area contributed by atoms with Gasteiger partial charge in [-0.15, -0.1) is 24.0 Å². The number of halogens is 1. The lowest BCUT2D eigenvalue weighted by atomic mass is 10.1. The Balaban J connectivity index is 0.00000441. The van der Waals surface area contributed by atoms with E-state index >= 15 is 0 Å². The number of rotatable bonds is 8. The Hall–Kier alpha value is 0.260. The van der Waals surface area contributed by atoms with Crippen molar-refractivity contribution in [3.8, 4) is 0 Å². The van der Waals surface area contributed by atoms with Crippen LogP contribution in [0.25, 0.3) is 0 Å². The van der Waals surface area contributed by atoms with Gasteiger partial charge in [0.05, 0.1) is 19.0 Å². The Bertz CT molecular complexity index is 438. The van der Waals surface area contributed by atoms with Gasteiger partial charge in [-0.05, 0) is 25.5 Å². The molecule has 1 rings (SSSR count). The summed E-state index contributed by atoms with van der Waals surface area (Å²) in [7, 11) is -1.20. The molecule has 0 bridgehead atoms. The predicted octanol–water partition coefficient (Wildman–Crippen LogP) is 1.12. The number of aliphatic imine (C=N–C) groups is 1. The third-order valence-electron chi connectivity index (χ3n) is 3.29. The maximum absolute atomic E-state index is 10.9. The number of nitrogens with one attached hydrogen (secondary N) is 2. The highest BCUT2D eigenvalue weighted by atomic mass is 127. The number of hydrogen-bond acceptors (Lipinski definition) is 5. The van der Waals surface area contributed by atoms with Crippen LogP contribution in [0.2, 0.25) is 0 Å². The lowest BCUT2D eigenvalue weighted by Crippen LogP contribution is -2.44. The van der Waals surface area contributed by atoms with Crippen molar-refractivity contribution in [1.29, 1.82) is 0 Å². The molecule has 1 fully saturated rings. The van der Waals surface area contributed by atoms with Crippen molar-refractivity contribution in [3.05, 3.63) is 0 Å². The van der Waals surface area contributed by atoms with Gasteiger partial charge in [-0.1, -0.05) is 0 Å². The molecule has 2 N–H and O–H groups in total. The van der Waals surface area contributed by atoms with Crippen molar-refractivity contribution in [2.75, 3.05) is 51.1 Å². The minimum absolute atomic E-state index is 0. The van der Waals surface area contributed by atoms with Crippen molar-refractivity contribution in [2.45, 2.75) is 24.5 Å². The fourth-order valence-corrected chi connectivity index (χ4v) is 3.69. The molecular weight excluding hydrogens is 437 g/mol. The lowest BCUT2D eigenvalue weighted by Gasteiger charge is -2.24. The van der Waals surface area contributed by atoms with E-state index in [2.05, 4.69) is 22.5 Å². The third kappa shape index (κ3) is 10.1. The molecule has 0 aromatic carbocycles. The molecule has 9 heteroatoms. The zero-order valence-electron chi connectivity index (χ0n) is 13.6. The van der Waals surface area contributed by atoms with Gasteiger partial charge >= 0.3 is 0 Å². The highest BCUT2D eigenvalue weighted by Crippen LogP contribution is 2.36. The van der Waals surface area contributed by atoms with Gasteiger partial charge in [-0.3, -0.25) is 4.99 Å². The largest absolute Gasteiger partial charge is 0.379 e. The van der Waals surface area contributed by atoms with Crippen LogP contribution in [0.4, 0.5) is 0 Å². The smallest absolute Gasteiger partial charge is 0.191 e. The fourth-order valence-electron chi connectivity index (χ4n) is 2.02. The van der Waals surface area contributed by atoms with Crippen LogP contribution in [-0.2, 0) is 14.6 Å². The Kier molecular flexibility index (Phi) is 11.1. The van der Waals surface area contributed by atoms with Crippen LogP contribution in [-0.4, -0.2) is 70.2 Å². The summed E-state index contributed by atoms with van der Waals surface area (Å²) in [5, 5.41) is 6.50. The summed E-state index contributed by atoms with van der Waals surface area (Å²) < 4.78 is 27.4. The second-order valence-corrected chi connectivity index (χ2v) is 9.44. The van der Waals surface area contributed by atoms with Crippen LogP contribution < -0.4 is 10.6 Å². The van der Waals surface area contributed by atoms with Gasteiger partial charge in [0.2, 0.25) is 0 Å². The molecule has 22 heavy (non-hydrogen) atoms. The number of thioether (sulfide) groups is 1. The van der Waals surface area contributed by atoms with Gasteiger partial charge in [0, 0.05) is 31.1 Å². The summed E-state index contributed by atoms with van der Waals surface area (Å²) in [6.45, 7) is 4.47. The normalized spacial score (nSPS) is 22.2. The molecule has 0 amide bonds. The van der Waals surface area contributed by atoms with Crippen molar-refractivity contribution in [3.63, 3.8) is 0 Å². The standard InChI is InChI=1S/C13H27N3O3S2.HI/c1-13(5-4-9-20-13)11-16-12(14-2)15-6-7-19-8-10-21(3,17)18;/h4-11H2,1-3H3,(H2,14,15,16);1H. The monoisotopic (exact) mass is 465 g/mol. The molecule has 0 saturated carbocycles. The van der Waals surface area contributed by atoms with E-state index in [4.69, 9.17) is 4.74 Å². The zero-order valence-corrected chi connectivity index (χ0v) is 17.5. The molecule has 1 atom stereocenters. The van der Waals surface area contributed by atoms with E-state index in [9.17, 15) is 8.42 Å². The maximum Gasteiger partial charge on any atom is 0.191 e. The van der Waals surface area contributed by atoms with Gasteiger partial charge in [-0.2, -0.15) is 11.8 Å². The first-order valence-electron chi connectivity index (χ1n) is 7.19. The highest BCUT2D eigenvalue weighted by molar-refractivity contribution is 14.0. The van der Waals surface area contributed by atoms with Crippen LogP contribution in [0.3, 0.4) is 0 Å². The quantitative estimate of drug-likeness (QED) is 0.242. The van der Waals surface area contributed by atoms with Gasteiger partial charge in [0.15, 0.2) is 5.96 Å². The van der Waals surface area contributed by atoms with Crippen LogP contribution in [0.1, 0.15) is 19.8 Å². The van der Waals surface area contributed by atoms with Crippen LogP contribution in [0, 0.1) is 0 Å². The van der Waals surface area contributed by atoms with E-state index in [-0.39, 0.29) is 36.3 Å². The first-order chi connectivity index (χ1) is 9.85. The van der Waals surface area contributed by atoms with E-state index in [0.29, 0.717) is 17.9 Å². The highest BCUT2D eigenvalue weighted by Gasteiger charge is 2.29. The van der Waals surface area contributed by atoms with E-state index in [1.165, 1.54) is 24.9 Å². The van der Waals surface area contributed by atoms with Gasteiger partial charge in [0.1, 0.15) is 9.84 Å². The summed E-state index contributed by atoms with van der Waals surface area (Å²) in [6.07, 6.45) is 3.72. The summed E-state index contributed by atoms with van der Waals surface area (Å²) in [5.41, 5.74) is 0. The minimum atomic E-state index is -2.94. The number of hydrogen-bond donors (Lipinski definition) is 2. The van der Waals surface area contributed by atoms with E-state index in [0.717, 1.165) is 12.5 Å². The molecule has 0 radical (unpaired) electrons. The molecule has 132 valence electrons. The van der Waals surface area contributed by atoms with Crippen molar-refractivity contribution < 1.29 is 13.2 Å². The number of guanidine groups is 1. The first kappa shape index (κ1) is 22.3. The zero-order chi connectivity index (χ0) is 15.8. The molecule has 0 aromatic heterocycles. The van der Waals surface area contributed by atoms with E-state index in [1.807, 2.05) is 11.8 Å². The average molecular weight is 465 g/mol. The Morgan fingerprint density at radius 1 is 1.36 bits per heavy atom. The van der Waals surface area contributed by atoms with Crippen molar-refractivity contribution in [2.24, 2.45) is 4.99 Å². The number of ether oxygens (including phenoxy) is 1. The summed E-state index contributed by atoms with van der Waals surface area (Å²) >= 11 is 2.01. The third-order valence-corrected chi connectivity index (χ3v) is 5.74. The number of nitrogens with zero attached hydrogens (tertiary/aromatic N) is 1. The SMILES string of the molecule is CN=C(NCCOCCS(C)(=O)=O)NCC1(C)CCCS1.I. The fraction of sp³-hybridized carbons (Fsp3) is 0.923. The maximum atomic E-state index is 10.9. The van der Waals surface area contributed by atoms with E-state index in [1.54, 1.807) is 7.05 Å². The van der Waals surface area contributed by atoms with Crippen molar-refractivity contribution >= 4 is 51.5 Å². The second kappa shape index (κ2) is 10.9. The average Bonchev–Trinajstić information content (AvgIpc) is 2.83. The molecule has 1 saturated heterocycles.